The molecule has 1 heterocycles. The van der Waals surface area contributed by atoms with Crippen LogP contribution in [-0.4, -0.2) is 36.6 Å². The molecule has 1 aliphatic rings. The van der Waals surface area contributed by atoms with Gasteiger partial charge in [-0.25, -0.2) is 0 Å². The Morgan fingerprint density at radius 1 is 0.944 bits per heavy atom. The topological polar surface area (TPSA) is 15.3 Å². The molecular weight excluding hydrogens is 220 g/mol. The monoisotopic (exact) mass is 254 g/mol. The van der Waals surface area contributed by atoms with Gasteiger partial charge in [0, 0.05) is 18.6 Å². The summed E-state index contributed by atoms with van der Waals surface area (Å²) in [5, 5.41) is 3.76. The molecule has 0 spiro atoms. The zero-order valence-electron chi connectivity index (χ0n) is 12.9. The van der Waals surface area contributed by atoms with E-state index in [1.807, 2.05) is 0 Å². The third kappa shape index (κ3) is 7.38. The van der Waals surface area contributed by atoms with Crippen LogP contribution in [0, 0.1) is 0 Å². The van der Waals surface area contributed by atoms with E-state index < -0.39 is 0 Å². The number of nitrogens with zero attached hydrogens (tertiary/aromatic N) is 1. The smallest absolute Gasteiger partial charge is 0.0169 e. The van der Waals surface area contributed by atoms with E-state index >= 15 is 0 Å². The van der Waals surface area contributed by atoms with Crippen LogP contribution in [0.2, 0.25) is 0 Å². The maximum atomic E-state index is 3.76. The SMILES string of the molecule is CCCCCCC(C)NC(C)CN1CCCCC1. The fourth-order valence-electron chi connectivity index (χ4n) is 3.03. The second-order valence-electron chi connectivity index (χ2n) is 6.18. The molecule has 0 aromatic rings. The highest BCUT2D eigenvalue weighted by Crippen LogP contribution is 2.10. The van der Waals surface area contributed by atoms with Crippen molar-refractivity contribution in [2.75, 3.05) is 19.6 Å². The van der Waals surface area contributed by atoms with Gasteiger partial charge in [-0.1, -0.05) is 39.0 Å². The molecule has 1 fully saturated rings. The first-order valence-electron chi connectivity index (χ1n) is 8.20. The predicted octanol–water partition coefficient (Wildman–Crippen LogP) is 3.81. The average molecular weight is 254 g/mol. The Hall–Kier alpha value is -0.0800. The quantitative estimate of drug-likeness (QED) is 0.629. The van der Waals surface area contributed by atoms with Crippen molar-refractivity contribution < 1.29 is 0 Å². The first kappa shape index (κ1) is 16.0. The van der Waals surface area contributed by atoms with Crippen LogP contribution in [0.25, 0.3) is 0 Å². The van der Waals surface area contributed by atoms with Crippen molar-refractivity contribution in [2.24, 2.45) is 0 Å². The van der Waals surface area contributed by atoms with Crippen LogP contribution in [0.1, 0.15) is 72.1 Å². The molecule has 108 valence electrons. The summed E-state index contributed by atoms with van der Waals surface area (Å²) in [5.41, 5.74) is 0. The minimum atomic E-state index is 0.643. The highest BCUT2D eigenvalue weighted by Gasteiger charge is 2.14. The van der Waals surface area contributed by atoms with Gasteiger partial charge in [0.2, 0.25) is 0 Å². The zero-order chi connectivity index (χ0) is 13.2. The van der Waals surface area contributed by atoms with Crippen molar-refractivity contribution in [1.29, 1.82) is 0 Å². The van der Waals surface area contributed by atoms with E-state index in [0.717, 1.165) is 0 Å². The van der Waals surface area contributed by atoms with Crippen LogP contribution < -0.4 is 5.32 Å². The number of hydrogen-bond donors (Lipinski definition) is 1. The molecule has 0 bridgehead atoms. The Morgan fingerprint density at radius 3 is 2.33 bits per heavy atom. The molecule has 0 aromatic carbocycles. The minimum Gasteiger partial charge on any atom is -0.311 e. The lowest BCUT2D eigenvalue weighted by atomic mass is 10.1. The van der Waals surface area contributed by atoms with Crippen molar-refractivity contribution in [3.8, 4) is 0 Å². The van der Waals surface area contributed by atoms with Gasteiger partial charge in [0.1, 0.15) is 0 Å². The van der Waals surface area contributed by atoms with Crippen LogP contribution in [0.4, 0.5) is 0 Å². The third-order valence-electron chi connectivity index (χ3n) is 4.04. The first-order chi connectivity index (χ1) is 8.72. The number of hydrogen-bond acceptors (Lipinski definition) is 2. The molecule has 1 aliphatic heterocycles. The fraction of sp³-hybridized carbons (Fsp3) is 1.00. The van der Waals surface area contributed by atoms with Crippen molar-refractivity contribution in [2.45, 2.75) is 84.2 Å². The van der Waals surface area contributed by atoms with Gasteiger partial charge in [-0.3, -0.25) is 0 Å². The number of likely N-dealkylation sites (tertiary alicyclic amines) is 1. The number of unbranched alkanes of at least 4 members (excludes halogenated alkanes) is 3. The van der Waals surface area contributed by atoms with Crippen molar-refractivity contribution >= 4 is 0 Å². The summed E-state index contributed by atoms with van der Waals surface area (Å²) in [6, 6.07) is 1.32. The van der Waals surface area contributed by atoms with Crippen molar-refractivity contribution in [1.82, 2.24) is 10.2 Å². The van der Waals surface area contributed by atoms with Gasteiger partial charge >= 0.3 is 0 Å². The summed E-state index contributed by atoms with van der Waals surface area (Å²) >= 11 is 0. The summed E-state index contributed by atoms with van der Waals surface area (Å²) in [6.45, 7) is 10.8. The lowest BCUT2D eigenvalue weighted by molar-refractivity contribution is 0.204. The van der Waals surface area contributed by atoms with Gasteiger partial charge in [-0.2, -0.15) is 0 Å². The normalized spacial score (nSPS) is 20.8. The van der Waals surface area contributed by atoms with E-state index in [9.17, 15) is 0 Å². The Kier molecular flexibility index (Phi) is 8.70. The highest BCUT2D eigenvalue weighted by atomic mass is 15.2. The molecule has 1 rings (SSSR count). The Labute approximate surface area is 115 Å². The maximum absolute atomic E-state index is 3.76. The Balaban J connectivity index is 2.04. The Morgan fingerprint density at radius 2 is 1.67 bits per heavy atom. The van der Waals surface area contributed by atoms with E-state index in [-0.39, 0.29) is 0 Å². The minimum absolute atomic E-state index is 0.643. The summed E-state index contributed by atoms with van der Waals surface area (Å²) in [7, 11) is 0. The molecule has 0 saturated carbocycles. The second-order valence-corrected chi connectivity index (χ2v) is 6.18. The standard InChI is InChI=1S/C16H34N2/c1-4-5-6-8-11-15(2)17-16(3)14-18-12-9-7-10-13-18/h15-17H,4-14H2,1-3H3. The largest absolute Gasteiger partial charge is 0.311 e. The number of rotatable bonds is 9. The highest BCUT2D eigenvalue weighted by molar-refractivity contribution is 4.73. The average Bonchev–Trinajstić information content (AvgIpc) is 2.35. The van der Waals surface area contributed by atoms with Gasteiger partial charge in [-0.15, -0.1) is 0 Å². The lowest BCUT2D eigenvalue weighted by Gasteiger charge is -2.30. The first-order valence-corrected chi connectivity index (χ1v) is 8.20. The maximum Gasteiger partial charge on any atom is 0.0169 e. The van der Waals surface area contributed by atoms with Gasteiger partial charge in [-0.05, 0) is 46.2 Å². The van der Waals surface area contributed by atoms with Gasteiger partial charge < -0.3 is 10.2 Å². The van der Waals surface area contributed by atoms with Gasteiger partial charge in [0.15, 0.2) is 0 Å². The summed E-state index contributed by atoms with van der Waals surface area (Å²) in [4.78, 5) is 2.63. The van der Waals surface area contributed by atoms with E-state index in [1.54, 1.807) is 0 Å². The van der Waals surface area contributed by atoms with Crippen LogP contribution in [0.5, 0.6) is 0 Å². The van der Waals surface area contributed by atoms with Crippen LogP contribution in [0.15, 0.2) is 0 Å². The van der Waals surface area contributed by atoms with E-state index in [1.165, 1.54) is 71.0 Å². The fourth-order valence-corrected chi connectivity index (χ4v) is 3.03. The number of nitrogens with one attached hydrogen (secondary N) is 1. The molecule has 0 aliphatic carbocycles. The summed E-state index contributed by atoms with van der Waals surface area (Å²) in [5.74, 6) is 0. The molecule has 0 radical (unpaired) electrons. The van der Waals surface area contributed by atoms with Crippen LogP contribution in [0.3, 0.4) is 0 Å². The molecule has 2 unspecified atom stereocenters. The molecule has 0 amide bonds. The zero-order valence-corrected chi connectivity index (χ0v) is 12.9. The summed E-state index contributed by atoms with van der Waals surface area (Å²) < 4.78 is 0. The molecule has 1 N–H and O–H groups in total. The molecular formula is C16H34N2. The molecule has 18 heavy (non-hydrogen) atoms. The summed E-state index contributed by atoms with van der Waals surface area (Å²) in [6.07, 6.45) is 11.1. The second kappa shape index (κ2) is 9.80. The lowest BCUT2D eigenvalue weighted by Crippen LogP contribution is -2.44. The van der Waals surface area contributed by atoms with Crippen LogP contribution >= 0.6 is 0 Å². The van der Waals surface area contributed by atoms with Gasteiger partial charge in [0.25, 0.3) is 0 Å². The number of piperidine rings is 1. The molecule has 2 atom stereocenters. The van der Waals surface area contributed by atoms with E-state index in [2.05, 4.69) is 31.0 Å². The molecule has 2 nitrogen and oxygen atoms in total. The van der Waals surface area contributed by atoms with E-state index in [4.69, 9.17) is 0 Å². The molecule has 0 aromatic heterocycles. The predicted molar refractivity (Wildman–Crippen MR) is 81.1 cm³/mol. The van der Waals surface area contributed by atoms with E-state index in [0.29, 0.717) is 12.1 Å². The van der Waals surface area contributed by atoms with Crippen LogP contribution in [-0.2, 0) is 0 Å². The third-order valence-corrected chi connectivity index (χ3v) is 4.04. The molecule has 1 saturated heterocycles. The van der Waals surface area contributed by atoms with Gasteiger partial charge in [0.05, 0.1) is 0 Å². The Bertz CT molecular complexity index is 188. The van der Waals surface area contributed by atoms with Crippen molar-refractivity contribution in [3.05, 3.63) is 0 Å². The van der Waals surface area contributed by atoms with Crippen molar-refractivity contribution in [3.63, 3.8) is 0 Å². The molecule has 2 heteroatoms.